The first-order valence-corrected chi connectivity index (χ1v) is 21.1. The summed E-state index contributed by atoms with van der Waals surface area (Å²) in [5, 5.41) is 34.3. The second-order valence-corrected chi connectivity index (χ2v) is 17.6. The Balaban J connectivity index is 1.50. The molecule has 11 N–H and O–H groups in total. The smallest absolute Gasteiger partial charge is 0.481 e. The van der Waals surface area contributed by atoms with E-state index in [1.54, 1.807) is 0 Å². The van der Waals surface area contributed by atoms with E-state index in [2.05, 4.69) is 34.4 Å². The summed E-state index contributed by atoms with van der Waals surface area (Å²) in [6.45, 7) is 1.35. The number of rotatable bonds is 21. The van der Waals surface area contributed by atoms with Crippen molar-refractivity contribution in [2.24, 2.45) is 11.3 Å². The molecule has 8 atom stereocenters. The Morgan fingerprint density at radius 2 is 1.71 bits per heavy atom. The molecule has 0 spiro atoms. The molecule has 3 heterocycles. The number of phosphoric acid groups is 3. The zero-order valence-corrected chi connectivity index (χ0v) is 32.5. The van der Waals surface area contributed by atoms with Gasteiger partial charge in [-0.05, 0) is 6.92 Å². The van der Waals surface area contributed by atoms with Crippen LogP contribution in [0.15, 0.2) is 12.7 Å². The molecule has 2 aromatic rings. The van der Waals surface area contributed by atoms with Gasteiger partial charge in [0.1, 0.15) is 42.2 Å². The number of amides is 2. The van der Waals surface area contributed by atoms with Gasteiger partial charge in [-0.3, -0.25) is 37.3 Å². The van der Waals surface area contributed by atoms with Crippen molar-refractivity contribution in [3.8, 4) is 0 Å². The Morgan fingerprint density at radius 1 is 1.05 bits per heavy atom. The number of carbonyl (C=O) groups is 4. The van der Waals surface area contributed by atoms with Crippen molar-refractivity contribution in [1.29, 1.82) is 0 Å². The zero-order chi connectivity index (χ0) is 41.5. The second kappa shape index (κ2) is 19.0. The summed E-state index contributed by atoms with van der Waals surface area (Å²) in [5.74, 6) is -4.01. The number of thioether (sulfide) groups is 1. The van der Waals surface area contributed by atoms with Gasteiger partial charge in [-0.2, -0.15) is 4.31 Å². The monoisotopic (exact) mass is 867 g/mol. The molecule has 0 saturated carbocycles. The van der Waals surface area contributed by atoms with Crippen LogP contribution in [0.3, 0.4) is 0 Å². The number of ether oxygens (including phenoxy) is 1. The van der Waals surface area contributed by atoms with Crippen LogP contribution in [0.2, 0.25) is 0 Å². The number of nitrogens with zero attached hydrogens (tertiary/aromatic N) is 4. The highest BCUT2D eigenvalue weighted by atomic mass is 32.2. The lowest BCUT2D eigenvalue weighted by Gasteiger charge is -2.30. The molecule has 30 heteroatoms. The summed E-state index contributed by atoms with van der Waals surface area (Å²) < 4.78 is 61.9. The number of phosphoric ester groups is 3. The quantitative estimate of drug-likeness (QED) is 0.0383. The number of anilines is 1. The van der Waals surface area contributed by atoms with Crippen LogP contribution >= 0.6 is 35.2 Å². The maximum Gasteiger partial charge on any atom is 0.481 e. The number of aliphatic carboxylic acids is 1. The number of fused-ring (bicyclic) bond motifs is 1. The first-order valence-electron chi connectivity index (χ1n) is 15.6. The van der Waals surface area contributed by atoms with E-state index in [4.69, 9.17) is 24.6 Å². The standard InChI is InChI=1S/C25H40N7O19P3S/c1-12(23(37)38)24(39)55-7-6-27-14(33)4-5-28-21(36)18(35)25(2,3)9-48-54(45,46)51-53(43,44)47-8-13-17(50-52(40,41)42)16(34)22(49-13)32-11-31-15-19(26)29-10-30-20(15)32/h10-13,16-18,22,34-35H,4-9H2,1-3H3,(H,27,33)(H,28,36)(H,37,38)(H,43,44)(H,45,46)(H2,26,29,30)(H2,40,41,42)/t12?,13-,16-,17-,18+,22-/m1/s1. The molecule has 1 aliphatic heterocycles. The Labute approximate surface area is 314 Å². The number of hydrogen-bond donors (Lipinski definition) is 10. The number of aliphatic hydroxyl groups is 2. The molecule has 26 nitrogen and oxygen atoms in total. The van der Waals surface area contributed by atoms with Gasteiger partial charge in [0, 0.05) is 30.7 Å². The molecule has 2 amide bonds. The first-order chi connectivity index (χ1) is 25.3. The van der Waals surface area contributed by atoms with E-state index in [9.17, 15) is 62.7 Å². The van der Waals surface area contributed by atoms with Gasteiger partial charge in [0.2, 0.25) is 16.9 Å². The average molecular weight is 868 g/mol. The number of aliphatic hydroxyl groups excluding tert-OH is 2. The lowest BCUT2D eigenvalue weighted by molar-refractivity contribution is -0.143. The summed E-state index contributed by atoms with van der Waals surface area (Å²) in [5.41, 5.74) is 4.19. The predicted octanol–water partition coefficient (Wildman–Crippen LogP) is -1.61. The van der Waals surface area contributed by atoms with Gasteiger partial charge in [0.25, 0.3) is 0 Å². The number of nitrogen functional groups attached to an aromatic ring is 1. The van der Waals surface area contributed by atoms with E-state index in [1.165, 1.54) is 20.8 Å². The number of carbonyl (C=O) groups excluding carboxylic acids is 3. The molecule has 3 rings (SSSR count). The molecule has 3 unspecified atom stereocenters. The first kappa shape index (κ1) is 46.4. The van der Waals surface area contributed by atoms with Crippen molar-refractivity contribution in [1.82, 2.24) is 30.2 Å². The fourth-order valence-corrected chi connectivity index (χ4v) is 8.09. The number of hydrogen-bond acceptors (Lipinski definition) is 19. The fourth-order valence-electron chi connectivity index (χ4n) is 4.51. The highest BCUT2D eigenvalue weighted by molar-refractivity contribution is 8.13. The minimum absolute atomic E-state index is 0.0183. The average Bonchev–Trinajstić information content (AvgIpc) is 3.64. The van der Waals surface area contributed by atoms with Crippen LogP contribution in [-0.4, -0.2) is 134 Å². The minimum atomic E-state index is -5.59. The maximum absolute atomic E-state index is 12.6. The van der Waals surface area contributed by atoms with Crippen molar-refractivity contribution < 1.29 is 90.4 Å². The van der Waals surface area contributed by atoms with Crippen molar-refractivity contribution in [3.63, 3.8) is 0 Å². The van der Waals surface area contributed by atoms with Crippen LogP contribution in [0.4, 0.5) is 5.82 Å². The number of nitrogens with one attached hydrogen (secondary N) is 2. The Bertz CT molecular complexity index is 1860. The summed E-state index contributed by atoms with van der Waals surface area (Å²) in [4.78, 5) is 97.8. The molecule has 0 bridgehead atoms. The topological polar surface area (TPSA) is 401 Å². The lowest BCUT2D eigenvalue weighted by atomic mass is 9.87. The largest absolute Gasteiger partial charge is 0.481 e. The highest BCUT2D eigenvalue weighted by Crippen LogP contribution is 2.61. The summed E-state index contributed by atoms with van der Waals surface area (Å²) in [6.07, 6.45) is -7.13. The molecule has 2 aromatic heterocycles. The van der Waals surface area contributed by atoms with Gasteiger partial charge < -0.3 is 56.0 Å². The number of carboxylic acids is 1. The van der Waals surface area contributed by atoms with Gasteiger partial charge in [0.15, 0.2) is 17.7 Å². The lowest BCUT2D eigenvalue weighted by Crippen LogP contribution is -2.46. The number of carboxylic acid groups (broad SMARTS) is 1. The van der Waals surface area contributed by atoms with E-state index < -0.39 is 102 Å². The molecule has 1 saturated heterocycles. The SMILES string of the molecule is CC(C(=O)O)C(=O)SCCNC(=O)CCNC(=O)[C@H](O)C(C)(C)COP(=O)(O)OP(=O)(O)OC[C@H]1O[C@@H](n2cnc3c(N)ncnc32)[C@H](O)[C@@H]1OP(=O)(O)O. The van der Waals surface area contributed by atoms with E-state index >= 15 is 0 Å². The number of imidazole rings is 1. The molecule has 1 fully saturated rings. The minimum Gasteiger partial charge on any atom is -0.481 e. The third-order valence-corrected chi connectivity index (χ3v) is 11.6. The maximum atomic E-state index is 12.6. The van der Waals surface area contributed by atoms with Crippen molar-refractivity contribution >= 4 is 75.1 Å². The molecule has 0 aromatic carbocycles. The fraction of sp³-hybridized carbons (Fsp3) is 0.640. The summed E-state index contributed by atoms with van der Waals surface area (Å²) in [7, 11) is -16.4. The Morgan fingerprint density at radius 3 is 2.35 bits per heavy atom. The summed E-state index contributed by atoms with van der Waals surface area (Å²) in [6, 6.07) is 0. The Hall–Kier alpha value is -2.97. The van der Waals surface area contributed by atoms with Crippen molar-refractivity contribution in [3.05, 3.63) is 12.7 Å². The van der Waals surface area contributed by atoms with Gasteiger partial charge in [-0.15, -0.1) is 0 Å². The molecule has 55 heavy (non-hydrogen) atoms. The molecule has 0 aliphatic carbocycles. The second-order valence-electron chi connectivity index (χ2n) is 12.3. The van der Waals surface area contributed by atoms with E-state index in [-0.39, 0.29) is 42.2 Å². The highest BCUT2D eigenvalue weighted by Gasteiger charge is 2.50. The van der Waals surface area contributed by atoms with Crippen LogP contribution in [-0.2, 0) is 55.5 Å². The van der Waals surface area contributed by atoms with E-state index in [0.29, 0.717) is 0 Å². The summed E-state index contributed by atoms with van der Waals surface area (Å²) >= 11 is 0.726. The van der Waals surface area contributed by atoms with Gasteiger partial charge in [0.05, 0.1) is 19.5 Å². The molecule has 0 radical (unpaired) electrons. The van der Waals surface area contributed by atoms with E-state index in [1.807, 2.05) is 0 Å². The van der Waals surface area contributed by atoms with Crippen LogP contribution in [0.5, 0.6) is 0 Å². The third kappa shape index (κ3) is 13.6. The normalized spacial score (nSPS) is 22.3. The van der Waals surface area contributed by atoms with Gasteiger partial charge in [-0.1, -0.05) is 25.6 Å². The Kier molecular flexibility index (Phi) is 16.0. The molecular formula is C25H40N7O19P3S. The van der Waals surface area contributed by atoms with Crippen LogP contribution < -0.4 is 16.4 Å². The van der Waals surface area contributed by atoms with E-state index in [0.717, 1.165) is 29.0 Å². The zero-order valence-electron chi connectivity index (χ0n) is 29.0. The van der Waals surface area contributed by atoms with Crippen molar-refractivity contribution in [2.45, 2.75) is 57.8 Å². The molecular weight excluding hydrogens is 827 g/mol. The number of nitrogens with two attached hydrogens (primary N) is 1. The van der Waals surface area contributed by atoms with Gasteiger partial charge in [-0.25, -0.2) is 28.6 Å². The van der Waals surface area contributed by atoms with Crippen LogP contribution in [0, 0.1) is 11.3 Å². The van der Waals surface area contributed by atoms with Crippen LogP contribution in [0.1, 0.15) is 33.4 Å². The van der Waals surface area contributed by atoms with Gasteiger partial charge >= 0.3 is 29.4 Å². The van der Waals surface area contributed by atoms with Crippen LogP contribution in [0.25, 0.3) is 11.2 Å². The number of aromatic nitrogens is 4. The van der Waals surface area contributed by atoms with Crippen molar-refractivity contribution in [2.75, 3.05) is 37.8 Å². The predicted molar refractivity (Wildman–Crippen MR) is 184 cm³/mol. The molecule has 1 aliphatic rings. The molecule has 310 valence electrons. The third-order valence-electron chi connectivity index (χ3n) is 7.47.